The number of pyridine rings is 2. The molecule has 0 bridgehead atoms. The lowest BCUT2D eigenvalue weighted by Gasteiger charge is -2.12. The van der Waals surface area contributed by atoms with E-state index in [1.54, 1.807) is 44.5 Å². The Morgan fingerprint density at radius 1 is 1.04 bits per heavy atom. The van der Waals surface area contributed by atoms with Crippen LogP contribution in [0.15, 0.2) is 40.9 Å². The van der Waals surface area contributed by atoms with Gasteiger partial charge in [-0.3, -0.25) is 0 Å². The first kappa shape index (κ1) is 13.5. The van der Waals surface area contributed by atoms with Gasteiger partial charge in [0.25, 0.3) is 0 Å². The van der Waals surface area contributed by atoms with Crippen LogP contribution in [0.4, 0.5) is 0 Å². The Bertz CT molecular complexity index is 1390. The van der Waals surface area contributed by atoms with Crippen LogP contribution in [0.3, 0.4) is 0 Å². The van der Waals surface area contributed by atoms with Gasteiger partial charge in [-0.25, -0.2) is 9.55 Å². The van der Waals surface area contributed by atoms with Gasteiger partial charge < -0.3 is 4.42 Å². The molecule has 4 aromatic rings. The number of hydrogen-bond acceptors (Lipinski definition) is 2. The molecule has 0 saturated heterocycles. The average Bonchev–Trinajstić information content (AvgIpc) is 3.03. The van der Waals surface area contributed by atoms with E-state index >= 15 is 0 Å². The van der Waals surface area contributed by atoms with Crippen LogP contribution in [-0.4, -0.2) is 4.98 Å². The Kier molecular flexibility index (Phi) is 3.24. The van der Waals surface area contributed by atoms with Crippen molar-refractivity contribution in [3.63, 3.8) is 0 Å². The summed E-state index contributed by atoms with van der Waals surface area (Å²) in [7, 11) is 1.81. The third kappa shape index (κ3) is 2.90. The summed E-state index contributed by atoms with van der Waals surface area (Å²) < 4.78 is 48.9. The summed E-state index contributed by atoms with van der Waals surface area (Å²) in [4.78, 5) is 4.61. The summed E-state index contributed by atoms with van der Waals surface area (Å²) >= 11 is 0. The Balaban J connectivity index is 2.06. The standard InChI is InChI=1S/C25H29N2O/c1-14(2)20-12-22(27(7)13-17(20)6)23-16(5)8-9-18-19-10-11-21(15(3)4)26-25(19)28-24(18)23/h8-15H,1-7H3/q+1/i6D3,14D,15D. The van der Waals surface area contributed by atoms with Crippen molar-refractivity contribution in [2.24, 2.45) is 7.05 Å². The van der Waals surface area contributed by atoms with E-state index in [0.717, 1.165) is 27.6 Å². The maximum Gasteiger partial charge on any atom is 0.227 e. The van der Waals surface area contributed by atoms with E-state index in [4.69, 9.17) is 11.3 Å². The number of furan rings is 1. The van der Waals surface area contributed by atoms with Gasteiger partial charge in [0.2, 0.25) is 11.4 Å². The summed E-state index contributed by atoms with van der Waals surface area (Å²) in [5.41, 5.74) is 4.95. The molecule has 0 spiro atoms. The molecule has 1 aromatic carbocycles. The molecule has 144 valence electrons. The first-order valence-corrected chi connectivity index (χ1v) is 9.47. The fourth-order valence-electron chi connectivity index (χ4n) is 3.73. The Morgan fingerprint density at radius 2 is 1.79 bits per heavy atom. The molecule has 0 unspecified atom stereocenters. The molecule has 0 saturated carbocycles. The minimum absolute atomic E-state index is 0.173. The minimum Gasteiger partial charge on any atom is -0.437 e. The van der Waals surface area contributed by atoms with Crippen molar-refractivity contribution in [2.75, 3.05) is 0 Å². The largest absolute Gasteiger partial charge is 0.437 e. The fraction of sp³-hybridized carbons (Fsp3) is 0.360. The molecule has 0 aliphatic carbocycles. The first-order valence-electron chi connectivity index (χ1n) is 12.0. The zero-order chi connectivity index (χ0) is 24.5. The van der Waals surface area contributed by atoms with E-state index < -0.39 is 18.6 Å². The highest BCUT2D eigenvalue weighted by atomic mass is 16.3. The monoisotopic (exact) mass is 378 g/mol. The van der Waals surface area contributed by atoms with Crippen molar-refractivity contribution >= 4 is 22.1 Å². The number of aromatic nitrogens is 2. The lowest BCUT2D eigenvalue weighted by molar-refractivity contribution is -0.660. The van der Waals surface area contributed by atoms with Gasteiger partial charge in [0.15, 0.2) is 11.8 Å². The second-order valence-corrected chi connectivity index (χ2v) is 7.88. The Hall–Kier alpha value is -2.68. The predicted octanol–water partition coefficient (Wildman–Crippen LogP) is 6.34. The molecule has 0 atom stereocenters. The molecular formula is C25H29N2O+. The third-order valence-electron chi connectivity index (χ3n) is 5.30. The highest BCUT2D eigenvalue weighted by Crippen LogP contribution is 2.37. The topological polar surface area (TPSA) is 29.9 Å². The molecule has 3 heterocycles. The number of hydrogen-bond donors (Lipinski definition) is 0. The molecule has 3 heteroatoms. The van der Waals surface area contributed by atoms with E-state index in [1.807, 2.05) is 38.2 Å². The molecule has 28 heavy (non-hydrogen) atoms. The van der Waals surface area contributed by atoms with Gasteiger partial charge in [0.05, 0.1) is 5.56 Å². The van der Waals surface area contributed by atoms with Crippen molar-refractivity contribution in [1.29, 1.82) is 0 Å². The van der Waals surface area contributed by atoms with E-state index in [-0.39, 0.29) is 5.56 Å². The SMILES string of the molecule is [2H]C([2H])([2H])c1c[n+](C)c(-c2c(C)ccc3c2oc2nc(C([2H])(C)C)ccc23)cc1C([2H])(C)C. The summed E-state index contributed by atoms with van der Waals surface area (Å²) in [6.45, 7) is 6.63. The van der Waals surface area contributed by atoms with Gasteiger partial charge in [0.1, 0.15) is 7.05 Å². The fourth-order valence-corrected chi connectivity index (χ4v) is 3.73. The molecule has 4 rings (SSSR count). The van der Waals surface area contributed by atoms with Crippen LogP contribution < -0.4 is 4.57 Å². The molecule has 3 nitrogen and oxygen atoms in total. The summed E-state index contributed by atoms with van der Waals surface area (Å²) in [6.07, 6.45) is 1.61. The van der Waals surface area contributed by atoms with Gasteiger partial charge in [0, 0.05) is 34.9 Å². The van der Waals surface area contributed by atoms with Crippen molar-refractivity contribution in [1.82, 2.24) is 4.98 Å². The van der Waals surface area contributed by atoms with Crippen LogP contribution in [0.25, 0.3) is 33.3 Å². The second-order valence-electron chi connectivity index (χ2n) is 7.88. The van der Waals surface area contributed by atoms with Crippen LogP contribution >= 0.6 is 0 Å². The highest BCUT2D eigenvalue weighted by Gasteiger charge is 2.23. The molecular weight excluding hydrogens is 344 g/mol. The van der Waals surface area contributed by atoms with Crippen LogP contribution in [0.1, 0.15) is 68.7 Å². The average molecular weight is 379 g/mol. The lowest BCUT2D eigenvalue weighted by atomic mass is 9.94. The van der Waals surface area contributed by atoms with Gasteiger partial charge in [-0.05, 0) is 48.8 Å². The zero-order valence-electron chi connectivity index (χ0n) is 22.3. The summed E-state index contributed by atoms with van der Waals surface area (Å²) in [6, 6.07) is 9.61. The van der Waals surface area contributed by atoms with Gasteiger partial charge >= 0.3 is 0 Å². The summed E-state index contributed by atoms with van der Waals surface area (Å²) in [5, 5.41) is 1.76. The molecule has 3 aromatic heterocycles. The van der Waals surface area contributed by atoms with Crippen molar-refractivity contribution in [3.8, 4) is 11.3 Å². The molecule has 0 amide bonds. The maximum atomic E-state index is 8.60. The van der Waals surface area contributed by atoms with Crippen molar-refractivity contribution in [3.05, 3.63) is 58.9 Å². The molecule has 0 aliphatic heterocycles. The van der Waals surface area contributed by atoms with Crippen LogP contribution in [0.2, 0.25) is 0 Å². The number of fused-ring (bicyclic) bond motifs is 3. The highest BCUT2D eigenvalue weighted by molar-refractivity contribution is 6.08. The van der Waals surface area contributed by atoms with E-state index in [1.165, 1.54) is 0 Å². The van der Waals surface area contributed by atoms with E-state index in [2.05, 4.69) is 4.98 Å². The van der Waals surface area contributed by atoms with Crippen molar-refractivity contribution in [2.45, 2.75) is 53.3 Å². The smallest absolute Gasteiger partial charge is 0.227 e. The van der Waals surface area contributed by atoms with Crippen molar-refractivity contribution < 1.29 is 15.8 Å². The lowest BCUT2D eigenvalue weighted by Crippen LogP contribution is -2.32. The van der Waals surface area contributed by atoms with E-state index in [9.17, 15) is 0 Å². The zero-order valence-corrected chi connectivity index (χ0v) is 17.3. The quantitative estimate of drug-likeness (QED) is 0.390. The second kappa shape index (κ2) is 6.73. The first-order chi connectivity index (χ1) is 15.1. The van der Waals surface area contributed by atoms with Crippen LogP contribution in [0.5, 0.6) is 0 Å². The van der Waals surface area contributed by atoms with Gasteiger partial charge in [-0.2, -0.15) is 0 Å². The van der Waals surface area contributed by atoms with Crippen LogP contribution in [-0.2, 0) is 7.05 Å². The molecule has 0 N–H and O–H groups in total. The number of nitrogens with zero attached hydrogens (tertiary/aromatic N) is 2. The predicted molar refractivity (Wildman–Crippen MR) is 116 cm³/mol. The van der Waals surface area contributed by atoms with Crippen LogP contribution in [0, 0.1) is 13.8 Å². The molecule has 0 aliphatic rings. The third-order valence-corrected chi connectivity index (χ3v) is 5.30. The maximum absolute atomic E-state index is 8.60. The van der Waals surface area contributed by atoms with E-state index in [0.29, 0.717) is 22.6 Å². The number of rotatable bonds is 3. The molecule has 0 radical (unpaired) electrons. The van der Waals surface area contributed by atoms with Gasteiger partial charge in [-0.1, -0.05) is 39.8 Å². The number of aryl methyl sites for hydroxylation is 3. The molecule has 0 fully saturated rings. The van der Waals surface area contributed by atoms with Gasteiger partial charge in [-0.15, -0.1) is 0 Å². The number of benzene rings is 1. The Labute approximate surface area is 174 Å². The minimum atomic E-state index is -2.33. The Morgan fingerprint density at radius 3 is 2.46 bits per heavy atom. The normalized spacial score (nSPS) is 15.9. The summed E-state index contributed by atoms with van der Waals surface area (Å²) in [5.74, 6) is -1.95.